The fourth-order valence-electron chi connectivity index (χ4n) is 0.917. The van der Waals surface area contributed by atoms with E-state index in [1.807, 2.05) is 6.92 Å². The van der Waals surface area contributed by atoms with Crippen molar-refractivity contribution in [2.75, 3.05) is 0 Å². The highest BCUT2D eigenvalue weighted by molar-refractivity contribution is 5.75. The molecule has 1 rings (SSSR count). The third-order valence-corrected chi connectivity index (χ3v) is 1.54. The van der Waals surface area contributed by atoms with Crippen LogP contribution in [0, 0.1) is 0 Å². The molecule has 3 nitrogen and oxygen atoms in total. The van der Waals surface area contributed by atoms with E-state index in [0.717, 1.165) is 12.8 Å². The second-order valence-corrected chi connectivity index (χ2v) is 2.68. The minimum Gasteiger partial charge on any atom is -0.273 e. The molecule has 60 valence electrons. The normalized spacial score (nSPS) is 17.6. The Morgan fingerprint density at radius 2 is 2.45 bits per heavy atom. The molecule has 0 N–H and O–H groups in total. The summed E-state index contributed by atoms with van der Waals surface area (Å²) in [4.78, 5) is 10.9. The van der Waals surface area contributed by atoms with Crippen LogP contribution >= 0.6 is 0 Å². The first kappa shape index (κ1) is 7.98. The van der Waals surface area contributed by atoms with Gasteiger partial charge in [-0.25, -0.2) is 5.01 Å². The summed E-state index contributed by atoms with van der Waals surface area (Å²) < 4.78 is 0. The SMILES string of the molecule is CC(=O)N1C=C(C)CCC=N1. The second kappa shape index (κ2) is 3.32. The molecule has 1 heterocycles. The van der Waals surface area contributed by atoms with E-state index in [2.05, 4.69) is 5.10 Å². The van der Waals surface area contributed by atoms with Gasteiger partial charge in [0.05, 0.1) is 0 Å². The molecule has 0 atom stereocenters. The van der Waals surface area contributed by atoms with Crippen LogP contribution in [0.1, 0.15) is 26.7 Å². The molecule has 0 unspecified atom stereocenters. The zero-order valence-electron chi connectivity index (χ0n) is 6.87. The largest absolute Gasteiger partial charge is 0.273 e. The van der Waals surface area contributed by atoms with E-state index < -0.39 is 0 Å². The van der Waals surface area contributed by atoms with Crippen LogP contribution < -0.4 is 0 Å². The molecule has 0 fully saturated rings. The van der Waals surface area contributed by atoms with Crippen LogP contribution in [0.3, 0.4) is 0 Å². The molecular formula is C8H12N2O. The zero-order valence-corrected chi connectivity index (χ0v) is 6.87. The van der Waals surface area contributed by atoms with Crippen molar-refractivity contribution in [2.24, 2.45) is 5.10 Å². The predicted octanol–water partition coefficient (Wildman–Crippen LogP) is 1.52. The van der Waals surface area contributed by atoms with E-state index in [4.69, 9.17) is 0 Å². The van der Waals surface area contributed by atoms with Gasteiger partial charge in [-0.1, -0.05) is 5.57 Å². The number of rotatable bonds is 0. The standard InChI is InChI=1S/C8H12N2O/c1-7-4-3-5-9-10(6-7)8(2)11/h5-6H,3-4H2,1-2H3. The molecule has 1 amide bonds. The number of carbonyl (C=O) groups is 1. The van der Waals surface area contributed by atoms with Crippen molar-refractivity contribution >= 4 is 12.1 Å². The molecule has 0 aromatic rings. The number of hydrogen-bond donors (Lipinski definition) is 0. The van der Waals surface area contributed by atoms with Crippen LogP contribution in [0.5, 0.6) is 0 Å². The van der Waals surface area contributed by atoms with Gasteiger partial charge in [-0.3, -0.25) is 4.79 Å². The summed E-state index contributed by atoms with van der Waals surface area (Å²) >= 11 is 0. The maximum Gasteiger partial charge on any atom is 0.243 e. The van der Waals surface area contributed by atoms with Gasteiger partial charge in [0.1, 0.15) is 0 Å². The first-order valence-electron chi connectivity index (χ1n) is 3.69. The monoisotopic (exact) mass is 152 g/mol. The highest BCUT2D eigenvalue weighted by Crippen LogP contribution is 2.08. The van der Waals surface area contributed by atoms with Gasteiger partial charge in [0, 0.05) is 19.3 Å². The Kier molecular flexibility index (Phi) is 2.41. The van der Waals surface area contributed by atoms with Gasteiger partial charge in [-0.05, 0) is 19.8 Å². The van der Waals surface area contributed by atoms with Gasteiger partial charge >= 0.3 is 0 Å². The van der Waals surface area contributed by atoms with Crippen LogP contribution in [0.25, 0.3) is 0 Å². The van der Waals surface area contributed by atoms with E-state index >= 15 is 0 Å². The molecule has 11 heavy (non-hydrogen) atoms. The number of hydrogen-bond acceptors (Lipinski definition) is 2. The average Bonchev–Trinajstić information content (AvgIpc) is 2.13. The molecule has 0 saturated carbocycles. The van der Waals surface area contributed by atoms with Gasteiger partial charge in [0.15, 0.2) is 0 Å². The van der Waals surface area contributed by atoms with Gasteiger partial charge in [0.2, 0.25) is 5.91 Å². The van der Waals surface area contributed by atoms with Crippen molar-refractivity contribution in [3.8, 4) is 0 Å². The molecule has 0 saturated heterocycles. The van der Waals surface area contributed by atoms with E-state index in [1.54, 1.807) is 12.4 Å². The fraction of sp³-hybridized carbons (Fsp3) is 0.500. The molecule has 0 aromatic carbocycles. The minimum atomic E-state index is -0.0394. The van der Waals surface area contributed by atoms with E-state index in [0.29, 0.717) is 0 Å². The molecular weight excluding hydrogens is 140 g/mol. The van der Waals surface area contributed by atoms with Gasteiger partial charge < -0.3 is 0 Å². The summed E-state index contributed by atoms with van der Waals surface area (Å²) in [6.45, 7) is 3.51. The lowest BCUT2D eigenvalue weighted by atomic mass is 10.2. The van der Waals surface area contributed by atoms with Crippen LogP contribution in [-0.4, -0.2) is 17.1 Å². The molecule has 0 radical (unpaired) electrons. The van der Waals surface area contributed by atoms with Gasteiger partial charge in [-0.15, -0.1) is 0 Å². The van der Waals surface area contributed by atoms with E-state index in [1.165, 1.54) is 17.5 Å². The number of nitrogens with zero attached hydrogens (tertiary/aromatic N) is 2. The third kappa shape index (κ3) is 2.18. The number of amides is 1. The number of carbonyl (C=O) groups excluding carboxylic acids is 1. The lowest BCUT2D eigenvalue weighted by Gasteiger charge is -2.07. The lowest BCUT2D eigenvalue weighted by molar-refractivity contribution is -0.126. The van der Waals surface area contributed by atoms with Crippen LogP contribution in [-0.2, 0) is 4.79 Å². The molecule has 0 bridgehead atoms. The third-order valence-electron chi connectivity index (χ3n) is 1.54. The fourth-order valence-corrected chi connectivity index (χ4v) is 0.917. The van der Waals surface area contributed by atoms with Gasteiger partial charge in [0.25, 0.3) is 0 Å². The molecule has 3 heteroatoms. The maximum absolute atomic E-state index is 10.9. The van der Waals surface area contributed by atoms with Crippen molar-refractivity contribution in [1.29, 1.82) is 0 Å². The van der Waals surface area contributed by atoms with Crippen LogP contribution in [0.4, 0.5) is 0 Å². The smallest absolute Gasteiger partial charge is 0.243 e. The second-order valence-electron chi connectivity index (χ2n) is 2.68. The predicted molar refractivity (Wildman–Crippen MR) is 44.0 cm³/mol. The summed E-state index contributed by atoms with van der Waals surface area (Å²) in [5, 5.41) is 5.33. The summed E-state index contributed by atoms with van der Waals surface area (Å²) in [5.41, 5.74) is 1.19. The number of allylic oxidation sites excluding steroid dienone is 1. The quantitative estimate of drug-likeness (QED) is 0.518. The van der Waals surface area contributed by atoms with Crippen molar-refractivity contribution in [1.82, 2.24) is 5.01 Å². The molecule has 1 aliphatic rings. The molecule has 0 aromatic heterocycles. The molecule has 1 aliphatic heterocycles. The summed E-state index contributed by atoms with van der Waals surface area (Å²) in [6, 6.07) is 0. The minimum absolute atomic E-state index is 0.0394. The summed E-state index contributed by atoms with van der Waals surface area (Å²) in [7, 11) is 0. The zero-order chi connectivity index (χ0) is 8.27. The Hall–Kier alpha value is -1.12. The Bertz CT molecular complexity index is 218. The Morgan fingerprint density at radius 3 is 3.09 bits per heavy atom. The van der Waals surface area contributed by atoms with E-state index in [-0.39, 0.29) is 5.91 Å². The maximum atomic E-state index is 10.9. The van der Waals surface area contributed by atoms with Crippen molar-refractivity contribution in [3.63, 3.8) is 0 Å². The van der Waals surface area contributed by atoms with Crippen molar-refractivity contribution in [2.45, 2.75) is 26.7 Å². The lowest BCUT2D eigenvalue weighted by Crippen LogP contribution is -2.15. The average molecular weight is 152 g/mol. The highest BCUT2D eigenvalue weighted by atomic mass is 16.2. The molecule has 0 spiro atoms. The highest BCUT2D eigenvalue weighted by Gasteiger charge is 2.05. The number of hydrazone groups is 1. The first-order chi connectivity index (χ1) is 5.20. The Morgan fingerprint density at radius 1 is 1.73 bits per heavy atom. The Balaban J connectivity index is 2.76. The first-order valence-corrected chi connectivity index (χ1v) is 3.69. The molecule has 0 aliphatic carbocycles. The van der Waals surface area contributed by atoms with Crippen LogP contribution in [0.2, 0.25) is 0 Å². The van der Waals surface area contributed by atoms with Crippen molar-refractivity contribution < 1.29 is 4.79 Å². The van der Waals surface area contributed by atoms with Crippen LogP contribution in [0.15, 0.2) is 16.9 Å². The Labute approximate surface area is 66.4 Å². The summed E-state index contributed by atoms with van der Waals surface area (Å²) in [6.07, 6.45) is 5.47. The topological polar surface area (TPSA) is 32.7 Å². The van der Waals surface area contributed by atoms with Crippen molar-refractivity contribution in [3.05, 3.63) is 11.8 Å². The van der Waals surface area contributed by atoms with E-state index in [9.17, 15) is 4.79 Å². The summed E-state index contributed by atoms with van der Waals surface area (Å²) in [5.74, 6) is -0.0394. The van der Waals surface area contributed by atoms with Gasteiger partial charge in [-0.2, -0.15) is 5.10 Å².